The highest BCUT2D eigenvalue weighted by atomic mass is 16.5. The van der Waals surface area contributed by atoms with Gasteiger partial charge in [0.1, 0.15) is 0 Å². The zero-order valence-corrected chi connectivity index (χ0v) is 23.9. The molecular formula is C39H26BN2O. The highest BCUT2D eigenvalue weighted by molar-refractivity contribution is 6.74. The van der Waals surface area contributed by atoms with Crippen molar-refractivity contribution in [3.05, 3.63) is 126 Å². The third-order valence-electron chi connectivity index (χ3n) is 9.78. The number of nitrogens with zero attached hydrogens (tertiary/aromatic N) is 1. The van der Waals surface area contributed by atoms with Gasteiger partial charge in [0.25, 0.3) is 0 Å². The minimum atomic E-state index is -0.0788. The fourth-order valence-electron chi connectivity index (χ4n) is 7.96. The van der Waals surface area contributed by atoms with Crippen LogP contribution in [0.25, 0.3) is 44.1 Å². The zero-order valence-electron chi connectivity index (χ0n) is 23.9. The number of para-hydroxylation sites is 4. The summed E-state index contributed by atoms with van der Waals surface area (Å²) in [5, 5.41) is 3.74. The molecule has 6 aromatic carbocycles. The molecule has 1 aliphatic carbocycles. The summed E-state index contributed by atoms with van der Waals surface area (Å²) >= 11 is 0. The number of hydrogen-bond acceptors (Lipinski definition) is 2. The van der Waals surface area contributed by atoms with E-state index in [4.69, 9.17) is 4.74 Å². The smallest absolute Gasteiger partial charge is 0.198 e. The standard InChI is InChI=1S/C39H26BN2O/c1-39(2)28-16-6-5-13-25(28)36-33(39)26-15-9-14-24(35(26)41-36)27-21-22-11-3-4-12-23(22)37-34(27)40-29-17-10-20-32-38(29)42(37)30-18-7-8-19-31(30)43-32/h3-21,41H,1-2H3. The first-order valence-electron chi connectivity index (χ1n) is 15.0. The van der Waals surface area contributed by atoms with Gasteiger partial charge in [-0.2, -0.15) is 0 Å². The SMILES string of the molecule is CC1(C)c2ccccc2-c2[nH]c3c(-c4cc5ccccc5c5c4[B]c4cccc6c4N5c4ccccc4O6)cccc3c21. The lowest BCUT2D eigenvalue weighted by atomic mass is 9.57. The number of anilines is 3. The first kappa shape index (κ1) is 23.4. The van der Waals surface area contributed by atoms with E-state index in [1.807, 2.05) is 6.07 Å². The Balaban J connectivity index is 1.31. The fraction of sp³-hybridized carbons (Fsp3) is 0.0769. The number of hydrogen-bond donors (Lipinski definition) is 1. The number of aromatic nitrogens is 1. The predicted molar refractivity (Wildman–Crippen MR) is 179 cm³/mol. The van der Waals surface area contributed by atoms with Crippen molar-refractivity contribution in [1.29, 1.82) is 0 Å². The van der Waals surface area contributed by atoms with E-state index in [1.54, 1.807) is 0 Å². The molecule has 3 aliphatic rings. The summed E-state index contributed by atoms with van der Waals surface area (Å²) < 4.78 is 6.44. The van der Waals surface area contributed by atoms with Crippen molar-refractivity contribution in [2.45, 2.75) is 19.3 Å². The molecule has 1 radical (unpaired) electrons. The Bertz CT molecular complexity index is 2350. The van der Waals surface area contributed by atoms with Crippen molar-refractivity contribution in [1.82, 2.24) is 4.98 Å². The number of H-pyrrole nitrogens is 1. The first-order valence-corrected chi connectivity index (χ1v) is 15.0. The van der Waals surface area contributed by atoms with Crippen molar-refractivity contribution >= 4 is 56.9 Å². The molecule has 7 aromatic rings. The molecule has 0 amide bonds. The van der Waals surface area contributed by atoms with Gasteiger partial charge in [0.15, 0.2) is 18.8 Å². The summed E-state index contributed by atoms with van der Waals surface area (Å²) in [6.45, 7) is 4.71. The van der Waals surface area contributed by atoms with Gasteiger partial charge in [-0.3, -0.25) is 0 Å². The van der Waals surface area contributed by atoms with Gasteiger partial charge in [-0.05, 0) is 51.8 Å². The summed E-state index contributed by atoms with van der Waals surface area (Å²) in [5.74, 6) is 1.76. The van der Waals surface area contributed by atoms with Crippen LogP contribution in [0.1, 0.15) is 25.0 Å². The highest BCUT2D eigenvalue weighted by Crippen LogP contribution is 2.54. The molecule has 10 rings (SSSR count). The maximum Gasteiger partial charge on any atom is 0.198 e. The number of rotatable bonds is 1. The van der Waals surface area contributed by atoms with Gasteiger partial charge in [-0.1, -0.05) is 110 Å². The van der Waals surface area contributed by atoms with Crippen LogP contribution in [0.4, 0.5) is 17.1 Å². The molecule has 2 aliphatic heterocycles. The van der Waals surface area contributed by atoms with E-state index in [2.05, 4.69) is 140 Å². The molecule has 0 atom stereocenters. The monoisotopic (exact) mass is 549 g/mol. The Labute approximate surface area is 250 Å². The lowest BCUT2D eigenvalue weighted by Gasteiger charge is -2.40. The molecule has 0 saturated carbocycles. The Morgan fingerprint density at radius 2 is 1.42 bits per heavy atom. The molecule has 3 nitrogen and oxygen atoms in total. The van der Waals surface area contributed by atoms with Crippen molar-refractivity contribution in [3.8, 4) is 33.9 Å². The molecule has 0 fully saturated rings. The Kier molecular flexibility index (Phi) is 4.34. The summed E-state index contributed by atoms with van der Waals surface area (Å²) in [7, 11) is 2.36. The van der Waals surface area contributed by atoms with Crippen molar-refractivity contribution in [2.75, 3.05) is 4.90 Å². The van der Waals surface area contributed by atoms with Gasteiger partial charge < -0.3 is 14.6 Å². The maximum atomic E-state index is 6.44. The van der Waals surface area contributed by atoms with Crippen LogP contribution in [0, 0.1) is 0 Å². The van der Waals surface area contributed by atoms with E-state index in [0.29, 0.717) is 0 Å². The van der Waals surface area contributed by atoms with Gasteiger partial charge >= 0.3 is 0 Å². The molecule has 0 bridgehead atoms. The summed E-state index contributed by atoms with van der Waals surface area (Å²) in [6, 6.07) is 41.5. The van der Waals surface area contributed by atoms with E-state index in [1.165, 1.54) is 66.3 Å². The second-order valence-corrected chi connectivity index (χ2v) is 12.4. The fourth-order valence-corrected chi connectivity index (χ4v) is 7.96. The molecule has 0 saturated heterocycles. The summed E-state index contributed by atoms with van der Waals surface area (Å²) in [4.78, 5) is 6.37. The highest BCUT2D eigenvalue weighted by Gasteiger charge is 2.39. The summed E-state index contributed by atoms with van der Waals surface area (Å²) in [5.41, 5.74) is 14.7. The second kappa shape index (κ2) is 7.99. The zero-order chi connectivity index (χ0) is 28.4. The van der Waals surface area contributed by atoms with E-state index in [9.17, 15) is 0 Å². The Hall–Kier alpha value is -5.22. The number of fused-ring (bicyclic) bond motifs is 11. The molecule has 1 N–H and O–H groups in total. The van der Waals surface area contributed by atoms with Gasteiger partial charge in [-0.15, -0.1) is 0 Å². The molecule has 4 heteroatoms. The molecule has 201 valence electrons. The Morgan fingerprint density at radius 3 is 2.37 bits per heavy atom. The van der Waals surface area contributed by atoms with E-state index < -0.39 is 0 Å². The van der Waals surface area contributed by atoms with Crippen molar-refractivity contribution in [3.63, 3.8) is 0 Å². The van der Waals surface area contributed by atoms with E-state index in [-0.39, 0.29) is 5.41 Å². The van der Waals surface area contributed by atoms with Gasteiger partial charge in [0, 0.05) is 33.0 Å². The minimum Gasteiger partial charge on any atom is -0.453 e. The molecule has 1 aromatic heterocycles. The lowest BCUT2D eigenvalue weighted by molar-refractivity contribution is 0.477. The second-order valence-electron chi connectivity index (χ2n) is 12.4. The third-order valence-corrected chi connectivity index (χ3v) is 9.78. The molecule has 43 heavy (non-hydrogen) atoms. The van der Waals surface area contributed by atoms with Gasteiger partial charge in [-0.25, -0.2) is 0 Å². The third kappa shape index (κ3) is 2.90. The average molecular weight is 549 g/mol. The quantitative estimate of drug-likeness (QED) is 0.207. The number of aromatic amines is 1. The molecule has 0 spiro atoms. The largest absolute Gasteiger partial charge is 0.453 e. The predicted octanol–water partition coefficient (Wildman–Crippen LogP) is 8.84. The van der Waals surface area contributed by atoms with Crippen molar-refractivity contribution in [2.24, 2.45) is 0 Å². The van der Waals surface area contributed by atoms with Gasteiger partial charge in [0.05, 0.1) is 22.6 Å². The number of benzene rings is 6. The van der Waals surface area contributed by atoms with E-state index in [0.717, 1.165) is 28.3 Å². The van der Waals surface area contributed by atoms with Gasteiger partial charge in [0.2, 0.25) is 0 Å². The van der Waals surface area contributed by atoms with Crippen LogP contribution in [0.3, 0.4) is 0 Å². The lowest BCUT2D eigenvalue weighted by Crippen LogP contribution is -2.42. The normalized spacial score (nSPS) is 14.8. The molecular weight excluding hydrogens is 523 g/mol. The number of ether oxygens (including phenoxy) is 1. The minimum absolute atomic E-state index is 0.0788. The first-order chi connectivity index (χ1) is 21.1. The maximum absolute atomic E-state index is 6.44. The van der Waals surface area contributed by atoms with Crippen LogP contribution >= 0.6 is 0 Å². The van der Waals surface area contributed by atoms with Crippen LogP contribution < -0.4 is 20.6 Å². The van der Waals surface area contributed by atoms with Crippen LogP contribution in [0.5, 0.6) is 11.5 Å². The summed E-state index contributed by atoms with van der Waals surface area (Å²) in [6.07, 6.45) is 0. The van der Waals surface area contributed by atoms with Crippen molar-refractivity contribution < 1.29 is 4.74 Å². The average Bonchev–Trinajstić information content (AvgIpc) is 3.54. The van der Waals surface area contributed by atoms with Crippen LogP contribution in [0.2, 0.25) is 0 Å². The topological polar surface area (TPSA) is 28.3 Å². The van der Waals surface area contributed by atoms with E-state index >= 15 is 0 Å². The molecule has 3 heterocycles. The Morgan fingerprint density at radius 1 is 0.674 bits per heavy atom. The van der Waals surface area contributed by atoms with Crippen LogP contribution in [-0.2, 0) is 5.41 Å². The molecule has 0 unspecified atom stereocenters. The number of nitrogens with one attached hydrogen (secondary N) is 1. The van der Waals surface area contributed by atoms with Crippen LogP contribution in [0.15, 0.2) is 115 Å². The van der Waals surface area contributed by atoms with Crippen LogP contribution in [-0.4, -0.2) is 12.3 Å².